The summed E-state index contributed by atoms with van der Waals surface area (Å²) >= 11 is 0. The highest BCUT2D eigenvalue weighted by molar-refractivity contribution is 5.79. The van der Waals surface area contributed by atoms with Gasteiger partial charge in [-0.05, 0) is 18.6 Å². The molecule has 0 aliphatic carbocycles. The fraction of sp³-hybridized carbons (Fsp3) is 0.467. The Kier molecular flexibility index (Phi) is 5.84. The van der Waals surface area contributed by atoms with Crippen molar-refractivity contribution in [2.24, 2.45) is 4.99 Å². The van der Waals surface area contributed by atoms with Crippen LogP contribution in [0.25, 0.3) is 11.0 Å². The lowest BCUT2D eigenvalue weighted by Crippen LogP contribution is -2.39. The van der Waals surface area contributed by atoms with Crippen LogP contribution in [0.5, 0.6) is 0 Å². The number of guanidine groups is 1. The molecule has 1 aromatic carbocycles. The van der Waals surface area contributed by atoms with Crippen LogP contribution in [0.1, 0.15) is 18.7 Å². The quantitative estimate of drug-likeness (QED) is 0.434. The number of aryl methyl sites for hydroxylation is 1. The molecule has 0 unspecified atom stereocenters. The molecule has 0 bridgehead atoms. The van der Waals surface area contributed by atoms with E-state index >= 15 is 0 Å². The fourth-order valence-corrected chi connectivity index (χ4v) is 2.13. The number of alkyl halides is 3. The van der Waals surface area contributed by atoms with Gasteiger partial charge in [0.25, 0.3) is 0 Å². The normalized spacial score (nSPS) is 12.6. The van der Waals surface area contributed by atoms with Gasteiger partial charge in [-0.3, -0.25) is 4.99 Å². The van der Waals surface area contributed by atoms with Crippen LogP contribution in [0, 0.1) is 0 Å². The summed E-state index contributed by atoms with van der Waals surface area (Å²) in [5, 5.41) is 5.63. The van der Waals surface area contributed by atoms with E-state index in [9.17, 15) is 13.2 Å². The van der Waals surface area contributed by atoms with Crippen LogP contribution in [0.15, 0.2) is 29.3 Å². The van der Waals surface area contributed by atoms with Crippen molar-refractivity contribution in [3.63, 3.8) is 0 Å². The van der Waals surface area contributed by atoms with Crippen LogP contribution in [-0.4, -0.2) is 42.2 Å². The Balaban J connectivity index is 1.69. The van der Waals surface area contributed by atoms with Gasteiger partial charge in [-0.1, -0.05) is 12.1 Å². The second-order valence-corrected chi connectivity index (χ2v) is 5.10. The number of benzene rings is 1. The van der Waals surface area contributed by atoms with Crippen molar-refractivity contribution in [3.8, 4) is 0 Å². The number of rotatable bonds is 6. The van der Waals surface area contributed by atoms with Gasteiger partial charge < -0.3 is 15.6 Å². The van der Waals surface area contributed by atoms with Crippen molar-refractivity contribution in [2.75, 3.05) is 20.1 Å². The Bertz CT molecular complexity index is 615. The molecule has 3 N–H and O–H groups in total. The Hall–Kier alpha value is -2.25. The second kappa shape index (κ2) is 7.85. The number of nitrogens with zero attached hydrogens (tertiary/aromatic N) is 2. The summed E-state index contributed by atoms with van der Waals surface area (Å²) in [6.45, 7) is 0.412. The third-order valence-electron chi connectivity index (χ3n) is 3.25. The Morgan fingerprint density at radius 2 is 1.96 bits per heavy atom. The van der Waals surface area contributed by atoms with Crippen molar-refractivity contribution in [1.29, 1.82) is 0 Å². The first kappa shape index (κ1) is 17.1. The predicted molar refractivity (Wildman–Crippen MR) is 84.5 cm³/mol. The number of aromatic nitrogens is 2. The average molecular weight is 327 g/mol. The number of aliphatic imine (C=N–C) groups is 1. The molecule has 2 rings (SSSR count). The minimum atomic E-state index is -4.16. The molecule has 0 atom stereocenters. The summed E-state index contributed by atoms with van der Waals surface area (Å²) in [6, 6.07) is 7.80. The first-order valence-corrected chi connectivity index (χ1v) is 7.43. The molecule has 2 aromatic rings. The van der Waals surface area contributed by atoms with Crippen molar-refractivity contribution in [1.82, 2.24) is 20.6 Å². The van der Waals surface area contributed by atoms with Crippen molar-refractivity contribution in [3.05, 3.63) is 30.1 Å². The number of H-pyrrole nitrogens is 1. The molecule has 0 amide bonds. The molecule has 126 valence electrons. The van der Waals surface area contributed by atoms with Crippen molar-refractivity contribution in [2.45, 2.75) is 25.4 Å². The third-order valence-corrected chi connectivity index (χ3v) is 3.25. The summed E-state index contributed by atoms with van der Waals surface area (Å²) < 4.78 is 36.2. The monoisotopic (exact) mass is 327 g/mol. The summed E-state index contributed by atoms with van der Waals surface area (Å²) in [5.74, 6) is 1.27. The third kappa shape index (κ3) is 5.80. The van der Waals surface area contributed by atoms with Crippen LogP contribution >= 0.6 is 0 Å². The number of hydrogen-bond acceptors (Lipinski definition) is 2. The van der Waals surface area contributed by atoms with Gasteiger partial charge in [-0.25, -0.2) is 4.98 Å². The molecule has 0 radical (unpaired) electrons. The first-order chi connectivity index (χ1) is 11.0. The molecule has 0 spiro atoms. The number of nitrogens with one attached hydrogen (secondary N) is 3. The predicted octanol–water partition coefficient (Wildman–Crippen LogP) is 2.61. The molecule has 23 heavy (non-hydrogen) atoms. The van der Waals surface area contributed by atoms with E-state index < -0.39 is 12.6 Å². The maximum atomic E-state index is 12.1. The summed E-state index contributed by atoms with van der Waals surface area (Å²) in [6.07, 6.45) is -3.50. The van der Waals surface area contributed by atoms with E-state index in [1.807, 2.05) is 24.3 Å². The zero-order valence-electron chi connectivity index (χ0n) is 12.9. The highest BCUT2D eigenvalue weighted by atomic mass is 19.4. The topological polar surface area (TPSA) is 65.1 Å². The maximum absolute atomic E-state index is 12.1. The zero-order valence-corrected chi connectivity index (χ0v) is 12.9. The van der Waals surface area contributed by atoms with Crippen LogP contribution in [0.4, 0.5) is 13.2 Å². The van der Waals surface area contributed by atoms with Gasteiger partial charge in [-0.2, -0.15) is 13.2 Å². The van der Waals surface area contributed by atoms with E-state index in [0.717, 1.165) is 29.7 Å². The highest BCUT2D eigenvalue weighted by Gasteiger charge is 2.26. The summed E-state index contributed by atoms with van der Waals surface area (Å²) in [5.41, 5.74) is 1.93. The van der Waals surface area contributed by atoms with Gasteiger partial charge in [0.2, 0.25) is 0 Å². The summed E-state index contributed by atoms with van der Waals surface area (Å²) in [7, 11) is 1.53. The minimum absolute atomic E-state index is 0.188. The maximum Gasteiger partial charge on any atom is 0.390 e. The zero-order chi connectivity index (χ0) is 16.7. The van der Waals surface area contributed by atoms with E-state index in [0.29, 0.717) is 12.5 Å². The lowest BCUT2D eigenvalue weighted by atomic mass is 10.3. The van der Waals surface area contributed by atoms with Gasteiger partial charge in [0.1, 0.15) is 5.82 Å². The molecule has 1 heterocycles. The molecule has 8 heteroatoms. The molecule has 0 aliphatic rings. The van der Waals surface area contributed by atoms with Crippen LogP contribution in [0.3, 0.4) is 0 Å². The van der Waals surface area contributed by atoms with E-state index in [1.165, 1.54) is 7.05 Å². The van der Waals surface area contributed by atoms with E-state index in [-0.39, 0.29) is 6.54 Å². The first-order valence-electron chi connectivity index (χ1n) is 7.43. The second-order valence-electron chi connectivity index (χ2n) is 5.10. The van der Waals surface area contributed by atoms with Crippen LogP contribution < -0.4 is 10.6 Å². The van der Waals surface area contributed by atoms with Gasteiger partial charge in [-0.15, -0.1) is 0 Å². The number of hydrogen-bond donors (Lipinski definition) is 3. The smallest absolute Gasteiger partial charge is 0.356 e. The molecular weight excluding hydrogens is 307 g/mol. The number of para-hydroxylation sites is 2. The van der Waals surface area contributed by atoms with E-state index in [2.05, 4.69) is 25.6 Å². The van der Waals surface area contributed by atoms with Crippen LogP contribution in [0.2, 0.25) is 0 Å². The highest BCUT2D eigenvalue weighted by Crippen LogP contribution is 2.18. The number of imidazole rings is 1. The number of halogens is 3. The van der Waals surface area contributed by atoms with Crippen molar-refractivity contribution < 1.29 is 13.2 Å². The Labute approximate surface area is 132 Å². The van der Waals surface area contributed by atoms with Gasteiger partial charge in [0, 0.05) is 26.6 Å². The lowest BCUT2D eigenvalue weighted by molar-refractivity contribution is -0.132. The average Bonchev–Trinajstić information content (AvgIpc) is 2.91. The van der Waals surface area contributed by atoms with Crippen LogP contribution in [-0.2, 0) is 6.42 Å². The molecule has 0 fully saturated rings. The lowest BCUT2D eigenvalue weighted by Gasteiger charge is -2.12. The molecule has 1 aromatic heterocycles. The standard InChI is InChI=1S/C15H20F3N5/c1-19-14(21-10-8-15(16,17)18)20-9-4-7-13-22-11-5-2-3-6-12(11)23-13/h2-3,5-6H,4,7-10H2,1H3,(H,22,23)(H2,19,20,21). The molecule has 0 aliphatic heterocycles. The molecular formula is C15H20F3N5. The Morgan fingerprint density at radius 3 is 2.65 bits per heavy atom. The van der Waals surface area contributed by atoms with E-state index in [1.54, 1.807) is 0 Å². The van der Waals surface area contributed by atoms with Crippen molar-refractivity contribution >= 4 is 17.0 Å². The van der Waals surface area contributed by atoms with Gasteiger partial charge >= 0.3 is 6.18 Å². The van der Waals surface area contributed by atoms with E-state index in [4.69, 9.17) is 0 Å². The largest absolute Gasteiger partial charge is 0.390 e. The van der Waals surface area contributed by atoms with Gasteiger partial charge in [0.05, 0.1) is 17.5 Å². The fourth-order valence-electron chi connectivity index (χ4n) is 2.13. The molecule has 5 nitrogen and oxygen atoms in total. The molecule has 0 saturated heterocycles. The number of fused-ring (bicyclic) bond motifs is 1. The summed E-state index contributed by atoms with van der Waals surface area (Å²) in [4.78, 5) is 11.6. The molecule has 0 saturated carbocycles. The number of aromatic amines is 1. The SMILES string of the molecule is CN=C(NCCCc1nc2ccccc2[nH]1)NCCC(F)(F)F. The minimum Gasteiger partial charge on any atom is -0.356 e. The Morgan fingerprint density at radius 1 is 1.22 bits per heavy atom. The van der Waals surface area contributed by atoms with Gasteiger partial charge in [0.15, 0.2) is 5.96 Å².